The van der Waals surface area contributed by atoms with Crippen LogP contribution in [-0.2, 0) is 0 Å². The Labute approximate surface area is 72.9 Å². The van der Waals surface area contributed by atoms with Gasteiger partial charge in [-0.25, -0.2) is 0 Å². The lowest BCUT2D eigenvalue weighted by molar-refractivity contribution is 0.0925. The maximum Gasteiger partial charge on any atom is 0.0694 e. The Morgan fingerprint density at radius 2 is 2.45 bits per heavy atom. The monoisotopic (exact) mass is 177 g/mol. The van der Waals surface area contributed by atoms with Crippen LogP contribution in [0.2, 0.25) is 0 Å². The predicted molar refractivity (Wildman–Crippen MR) is 47.0 cm³/mol. The van der Waals surface area contributed by atoms with Crippen LogP contribution in [-0.4, -0.2) is 29.2 Å². The number of aliphatic hydroxyl groups is 1. The van der Waals surface area contributed by atoms with Gasteiger partial charge < -0.3 is 10.4 Å². The average Bonchev–Trinajstić information content (AvgIpc) is 1.93. The van der Waals surface area contributed by atoms with Gasteiger partial charge >= 0.3 is 0 Å². The third-order valence-electron chi connectivity index (χ3n) is 2.13. The Balaban J connectivity index is 2.29. The molecule has 66 valence electrons. The number of hydrogen-bond acceptors (Lipinski definition) is 2. The van der Waals surface area contributed by atoms with Crippen molar-refractivity contribution in [2.24, 2.45) is 0 Å². The van der Waals surface area contributed by atoms with E-state index in [1.54, 1.807) is 0 Å². The lowest BCUT2D eigenvalue weighted by Crippen LogP contribution is -2.45. The number of aliphatic hydroxyl groups excluding tert-OH is 1. The molecule has 0 bridgehead atoms. The zero-order chi connectivity index (χ0) is 8.27. The van der Waals surface area contributed by atoms with Crippen LogP contribution >= 0.6 is 11.6 Å². The third kappa shape index (κ3) is 2.97. The van der Waals surface area contributed by atoms with Crippen molar-refractivity contribution in [3.05, 3.63) is 0 Å². The lowest BCUT2D eigenvalue weighted by atomic mass is 9.98. The van der Waals surface area contributed by atoms with E-state index in [-0.39, 0.29) is 17.5 Å². The number of rotatable bonds is 2. The zero-order valence-corrected chi connectivity index (χ0v) is 7.64. The highest BCUT2D eigenvalue weighted by Gasteiger charge is 2.23. The summed E-state index contributed by atoms with van der Waals surface area (Å²) in [7, 11) is 0. The highest BCUT2D eigenvalue weighted by Crippen LogP contribution is 2.14. The van der Waals surface area contributed by atoms with E-state index < -0.39 is 0 Å². The van der Waals surface area contributed by atoms with Gasteiger partial charge in [0.2, 0.25) is 0 Å². The van der Waals surface area contributed by atoms with Crippen LogP contribution in [0, 0.1) is 0 Å². The second kappa shape index (κ2) is 4.29. The van der Waals surface area contributed by atoms with Gasteiger partial charge in [-0.1, -0.05) is 0 Å². The Morgan fingerprint density at radius 3 is 3.00 bits per heavy atom. The summed E-state index contributed by atoms with van der Waals surface area (Å²) < 4.78 is 0. The number of piperidine rings is 1. The summed E-state index contributed by atoms with van der Waals surface area (Å²) in [6, 6.07) is 0.219. The molecule has 0 aromatic heterocycles. The van der Waals surface area contributed by atoms with Crippen LogP contribution < -0.4 is 5.32 Å². The minimum Gasteiger partial charge on any atom is -0.392 e. The zero-order valence-electron chi connectivity index (χ0n) is 6.89. The number of nitrogens with one attached hydrogen (secondary N) is 1. The van der Waals surface area contributed by atoms with E-state index in [9.17, 15) is 5.11 Å². The van der Waals surface area contributed by atoms with Gasteiger partial charge in [0, 0.05) is 11.4 Å². The molecule has 0 aliphatic carbocycles. The van der Waals surface area contributed by atoms with Crippen LogP contribution in [0.3, 0.4) is 0 Å². The molecule has 0 spiro atoms. The maximum absolute atomic E-state index is 9.50. The molecule has 1 fully saturated rings. The summed E-state index contributed by atoms with van der Waals surface area (Å²) in [5, 5.41) is 12.9. The third-order valence-corrected chi connectivity index (χ3v) is 2.30. The van der Waals surface area contributed by atoms with Gasteiger partial charge in [0.05, 0.1) is 6.10 Å². The molecule has 0 amide bonds. The molecule has 11 heavy (non-hydrogen) atoms. The molecule has 2 N–H and O–H groups in total. The van der Waals surface area contributed by atoms with Gasteiger partial charge in [0.25, 0.3) is 0 Å². The van der Waals surface area contributed by atoms with E-state index in [1.807, 2.05) is 6.92 Å². The first-order valence-corrected chi connectivity index (χ1v) is 4.69. The molecule has 0 aromatic carbocycles. The highest BCUT2D eigenvalue weighted by molar-refractivity contribution is 6.20. The van der Waals surface area contributed by atoms with Crippen LogP contribution in [0.15, 0.2) is 0 Å². The Bertz CT molecular complexity index is 119. The second-order valence-corrected chi connectivity index (χ2v) is 4.03. The fourth-order valence-corrected chi connectivity index (χ4v) is 1.72. The topological polar surface area (TPSA) is 32.3 Å². The van der Waals surface area contributed by atoms with Crippen LogP contribution in [0.4, 0.5) is 0 Å². The first-order valence-electron chi connectivity index (χ1n) is 4.25. The lowest BCUT2D eigenvalue weighted by Gasteiger charge is -2.29. The van der Waals surface area contributed by atoms with E-state index >= 15 is 0 Å². The number of halogens is 1. The first-order chi connectivity index (χ1) is 5.20. The molecule has 1 saturated heterocycles. The van der Waals surface area contributed by atoms with Gasteiger partial charge in [-0.2, -0.15) is 0 Å². The average molecular weight is 178 g/mol. The largest absolute Gasteiger partial charge is 0.392 e. The molecular weight excluding hydrogens is 162 g/mol. The standard InChI is InChI=1S/C8H16ClNO/c1-6(9)5-7-8(11)3-2-4-10-7/h6-8,10-11H,2-5H2,1H3/t6?,7-,8-/m0/s1. The fraction of sp³-hybridized carbons (Fsp3) is 1.00. The fourth-order valence-electron chi connectivity index (χ4n) is 1.53. The van der Waals surface area contributed by atoms with Gasteiger partial charge in [-0.05, 0) is 32.7 Å². The Hall–Kier alpha value is 0.210. The molecule has 1 rings (SSSR count). The molecule has 0 radical (unpaired) electrons. The summed E-state index contributed by atoms with van der Waals surface area (Å²) in [4.78, 5) is 0. The summed E-state index contributed by atoms with van der Waals surface area (Å²) in [6.07, 6.45) is 2.67. The highest BCUT2D eigenvalue weighted by atomic mass is 35.5. The van der Waals surface area contributed by atoms with Crippen molar-refractivity contribution in [2.45, 2.75) is 43.7 Å². The molecular formula is C8H16ClNO. The Morgan fingerprint density at radius 1 is 1.73 bits per heavy atom. The van der Waals surface area contributed by atoms with Crippen molar-refractivity contribution in [1.82, 2.24) is 5.32 Å². The van der Waals surface area contributed by atoms with E-state index in [1.165, 1.54) is 0 Å². The SMILES string of the molecule is CC(Cl)C[C@@H]1NCCC[C@@H]1O. The number of hydrogen-bond donors (Lipinski definition) is 2. The molecule has 0 aromatic rings. The van der Waals surface area contributed by atoms with Crippen LogP contribution in [0.25, 0.3) is 0 Å². The van der Waals surface area contributed by atoms with E-state index in [4.69, 9.17) is 11.6 Å². The molecule has 1 unspecified atom stereocenters. The predicted octanol–water partition coefficient (Wildman–Crippen LogP) is 1.12. The molecule has 3 heteroatoms. The summed E-state index contributed by atoms with van der Waals surface area (Å²) in [6.45, 7) is 2.98. The van der Waals surface area contributed by atoms with Crippen LogP contribution in [0.5, 0.6) is 0 Å². The Kier molecular flexibility index (Phi) is 3.63. The smallest absolute Gasteiger partial charge is 0.0694 e. The van der Waals surface area contributed by atoms with E-state index in [0.717, 1.165) is 25.8 Å². The maximum atomic E-state index is 9.50. The quantitative estimate of drug-likeness (QED) is 0.620. The van der Waals surface area contributed by atoms with E-state index in [0.29, 0.717) is 0 Å². The van der Waals surface area contributed by atoms with Gasteiger partial charge in [-0.3, -0.25) is 0 Å². The molecule has 1 heterocycles. The molecule has 0 saturated carbocycles. The normalized spacial score (nSPS) is 35.2. The molecule has 1 aliphatic rings. The number of alkyl halides is 1. The van der Waals surface area contributed by atoms with Gasteiger partial charge in [0.1, 0.15) is 0 Å². The van der Waals surface area contributed by atoms with Crippen molar-refractivity contribution < 1.29 is 5.11 Å². The van der Waals surface area contributed by atoms with Crippen molar-refractivity contribution in [1.29, 1.82) is 0 Å². The van der Waals surface area contributed by atoms with Gasteiger partial charge in [0.15, 0.2) is 0 Å². The molecule has 1 aliphatic heterocycles. The minimum atomic E-state index is -0.190. The summed E-state index contributed by atoms with van der Waals surface area (Å²) >= 11 is 5.83. The van der Waals surface area contributed by atoms with Crippen molar-refractivity contribution >= 4 is 11.6 Å². The first kappa shape index (κ1) is 9.30. The summed E-state index contributed by atoms with van der Waals surface area (Å²) in [5.41, 5.74) is 0. The minimum absolute atomic E-state index is 0.153. The van der Waals surface area contributed by atoms with Crippen molar-refractivity contribution in [2.75, 3.05) is 6.54 Å². The van der Waals surface area contributed by atoms with Crippen molar-refractivity contribution in [3.8, 4) is 0 Å². The summed E-state index contributed by atoms with van der Waals surface area (Å²) in [5.74, 6) is 0. The van der Waals surface area contributed by atoms with E-state index in [2.05, 4.69) is 5.32 Å². The van der Waals surface area contributed by atoms with Crippen molar-refractivity contribution in [3.63, 3.8) is 0 Å². The second-order valence-electron chi connectivity index (χ2n) is 3.29. The van der Waals surface area contributed by atoms with Gasteiger partial charge in [-0.15, -0.1) is 11.6 Å². The molecule has 3 atom stereocenters. The van der Waals surface area contributed by atoms with Crippen LogP contribution in [0.1, 0.15) is 26.2 Å². The molecule has 2 nitrogen and oxygen atoms in total.